The number of benzene rings is 2. The first-order valence-electron chi connectivity index (χ1n) is 7.92. The highest BCUT2D eigenvalue weighted by Gasteiger charge is 2.52. The van der Waals surface area contributed by atoms with E-state index in [-0.39, 0.29) is 23.0 Å². The molecule has 2 aromatic carbocycles. The van der Waals surface area contributed by atoms with Gasteiger partial charge in [-0.3, -0.25) is 5.01 Å². The van der Waals surface area contributed by atoms with Gasteiger partial charge in [0.2, 0.25) is 0 Å². The van der Waals surface area contributed by atoms with Crippen LogP contribution in [-0.2, 0) is 5.72 Å². The fourth-order valence-electron chi connectivity index (χ4n) is 3.83. The number of fused-ring (bicyclic) bond motifs is 2. The van der Waals surface area contributed by atoms with Crippen LogP contribution in [0.4, 0.5) is 5.69 Å². The van der Waals surface area contributed by atoms with Gasteiger partial charge in [-0.15, -0.1) is 17.0 Å². The largest absolute Gasteiger partial charge is 0.369 e. The van der Waals surface area contributed by atoms with Gasteiger partial charge < -0.3 is 5.11 Å². The highest BCUT2D eigenvalue weighted by Crippen LogP contribution is 2.50. The van der Waals surface area contributed by atoms with Crippen LogP contribution in [0.5, 0.6) is 0 Å². The molecular weight excluding hydrogens is 386 g/mol. The number of para-hydroxylation sites is 1. The van der Waals surface area contributed by atoms with Crippen molar-refractivity contribution in [3.8, 4) is 0 Å². The van der Waals surface area contributed by atoms with E-state index < -0.39 is 5.72 Å². The van der Waals surface area contributed by atoms with Crippen LogP contribution in [0.2, 0.25) is 0 Å². The van der Waals surface area contributed by atoms with Crippen molar-refractivity contribution in [2.24, 2.45) is 4.99 Å². The number of thioether (sulfide) groups is 1. The molecule has 4 nitrogen and oxygen atoms in total. The number of aliphatic imine (C=N–C) groups is 1. The number of nitrogens with zero attached hydrogens (tertiary/aromatic N) is 3. The molecule has 5 rings (SSSR count). The van der Waals surface area contributed by atoms with E-state index in [0.717, 1.165) is 29.4 Å². The van der Waals surface area contributed by atoms with Crippen LogP contribution in [-0.4, -0.2) is 32.6 Å². The van der Waals surface area contributed by atoms with Gasteiger partial charge in [0.1, 0.15) is 0 Å². The molecule has 3 aliphatic rings. The third-order valence-electron chi connectivity index (χ3n) is 4.94. The zero-order valence-electron chi connectivity index (χ0n) is 13.0. The molecule has 24 heavy (non-hydrogen) atoms. The Labute approximate surface area is 155 Å². The van der Waals surface area contributed by atoms with Crippen molar-refractivity contribution in [2.75, 3.05) is 12.3 Å². The molecule has 1 N–H and O–H groups in total. The molecule has 0 aromatic heterocycles. The van der Waals surface area contributed by atoms with Crippen molar-refractivity contribution < 1.29 is 5.11 Å². The van der Waals surface area contributed by atoms with Crippen molar-refractivity contribution in [3.63, 3.8) is 0 Å². The van der Waals surface area contributed by atoms with Gasteiger partial charge in [-0.1, -0.05) is 60.3 Å². The second-order valence-electron chi connectivity index (χ2n) is 6.20. The van der Waals surface area contributed by atoms with Gasteiger partial charge in [0, 0.05) is 23.4 Å². The second-order valence-corrected chi connectivity index (χ2v) is 7.14. The summed E-state index contributed by atoms with van der Waals surface area (Å²) in [5, 5.41) is 16.8. The van der Waals surface area contributed by atoms with Gasteiger partial charge in [0.05, 0.1) is 11.7 Å². The number of halogens is 1. The summed E-state index contributed by atoms with van der Waals surface area (Å²) in [6.07, 6.45) is 1.01. The quantitative estimate of drug-likeness (QED) is 0.785. The zero-order chi connectivity index (χ0) is 15.4. The van der Waals surface area contributed by atoms with E-state index in [0.29, 0.717) is 5.75 Å². The Balaban J connectivity index is 0.00000146. The van der Waals surface area contributed by atoms with Crippen LogP contribution in [0, 0.1) is 0 Å². The van der Waals surface area contributed by atoms with Crippen molar-refractivity contribution in [3.05, 3.63) is 65.7 Å². The van der Waals surface area contributed by atoms with Gasteiger partial charge in [-0.05, 0) is 12.5 Å². The number of rotatable bonds is 1. The molecule has 3 heterocycles. The Morgan fingerprint density at radius 2 is 1.83 bits per heavy atom. The average Bonchev–Trinajstić information content (AvgIpc) is 3.06. The molecule has 0 spiro atoms. The number of amidine groups is 1. The highest BCUT2D eigenvalue weighted by atomic mass is 79.9. The van der Waals surface area contributed by atoms with Crippen molar-refractivity contribution in [2.45, 2.75) is 18.2 Å². The number of hydrogen-bond acceptors (Lipinski definition) is 5. The molecule has 2 atom stereocenters. The molecule has 0 saturated carbocycles. The fraction of sp³-hybridized carbons (Fsp3) is 0.278. The van der Waals surface area contributed by atoms with E-state index in [4.69, 9.17) is 4.99 Å². The van der Waals surface area contributed by atoms with Crippen LogP contribution in [0.25, 0.3) is 0 Å². The minimum Gasteiger partial charge on any atom is -0.369 e. The van der Waals surface area contributed by atoms with Gasteiger partial charge in [-0.25, -0.2) is 4.99 Å². The zero-order valence-corrected chi connectivity index (χ0v) is 15.5. The van der Waals surface area contributed by atoms with Crippen molar-refractivity contribution in [1.82, 2.24) is 10.0 Å². The molecule has 3 aliphatic heterocycles. The summed E-state index contributed by atoms with van der Waals surface area (Å²) in [4.78, 5) is 4.82. The Morgan fingerprint density at radius 3 is 2.67 bits per heavy atom. The minimum absolute atomic E-state index is 0. The lowest BCUT2D eigenvalue weighted by atomic mass is 10.0. The van der Waals surface area contributed by atoms with Crippen molar-refractivity contribution in [1.29, 1.82) is 0 Å². The van der Waals surface area contributed by atoms with Gasteiger partial charge >= 0.3 is 0 Å². The summed E-state index contributed by atoms with van der Waals surface area (Å²) in [5.74, 6) is 0.598. The van der Waals surface area contributed by atoms with E-state index in [9.17, 15) is 5.11 Å². The molecule has 0 bridgehead atoms. The van der Waals surface area contributed by atoms with Gasteiger partial charge in [0.15, 0.2) is 10.9 Å². The SMILES string of the molecule is Br.OC1(c2ccccc2)CSC2=Nc3ccccc3C3CCN1N23. The van der Waals surface area contributed by atoms with Crippen LogP contribution < -0.4 is 0 Å². The monoisotopic (exact) mass is 403 g/mol. The number of aliphatic hydroxyl groups is 1. The molecule has 0 radical (unpaired) electrons. The fourth-order valence-corrected chi connectivity index (χ4v) is 5.00. The minimum atomic E-state index is -0.966. The predicted molar refractivity (Wildman–Crippen MR) is 103 cm³/mol. The maximum atomic E-state index is 11.4. The van der Waals surface area contributed by atoms with Crippen molar-refractivity contribution >= 4 is 39.6 Å². The topological polar surface area (TPSA) is 39.1 Å². The average molecular weight is 404 g/mol. The molecular formula is C18H18BrN3OS. The second kappa shape index (κ2) is 5.88. The van der Waals surface area contributed by atoms with Gasteiger partial charge in [-0.2, -0.15) is 5.01 Å². The Kier molecular flexibility index (Phi) is 3.95. The van der Waals surface area contributed by atoms with E-state index in [1.165, 1.54) is 5.56 Å². The molecule has 0 amide bonds. The maximum absolute atomic E-state index is 11.4. The first-order valence-corrected chi connectivity index (χ1v) is 8.91. The molecule has 2 aromatic rings. The molecule has 0 aliphatic carbocycles. The lowest BCUT2D eigenvalue weighted by Crippen LogP contribution is -2.59. The van der Waals surface area contributed by atoms with Crippen LogP contribution in [0.15, 0.2) is 59.6 Å². The first kappa shape index (κ1) is 16.1. The molecule has 2 unspecified atom stereocenters. The molecule has 2 fully saturated rings. The summed E-state index contributed by atoms with van der Waals surface area (Å²) in [5.41, 5.74) is 2.32. The first-order chi connectivity index (χ1) is 11.3. The van der Waals surface area contributed by atoms with E-state index in [1.54, 1.807) is 11.8 Å². The Hall–Kier alpha value is -1.34. The third-order valence-corrected chi connectivity index (χ3v) is 6.03. The predicted octanol–water partition coefficient (Wildman–Crippen LogP) is 3.82. The van der Waals surface area contributed by atoms with E-state index in [2.05, 4.69) is 28.2 Å². The summed E-state index contributed by atoms with van der Waals surface area (Å²) < 4.78 is 0. The van der Waals surface area contributed by atoms with E-state index >= 15 is 0 Å². The summed E-state index contributed by atoms with van der Waals surface area (Å²) in [7, 11) is 0. The standard InChI is InChI=1S/C18H17N3OS.BrH/c22-18(13-6-2-1-3-7-13)12-23-17-19-15-9-5-4-8-14(15)16-10-11-20(18)21(16)17;/h1-9,16,22H,10-12H2;1H. The summed E-state index contributed by atoms with van der Waals surface area (Å²) in [6, 6.07) is 18.6. The Bertz CT molecular complexity index is 800. The molecule has 2 saturated heterocycles. The van der Waals surface area contributed by atoms with Crippen LogP contribution >= 0.6 is 28.7 Å². The number of hydrogen-bond donors (Lipinski definition) is 1. The maximum Gasteiger partial charge on any atom is 0.179 e. The summed E-state index contributed by atoms with van der Waals surface area (Å²) >= 11 is 1.64. The normalized spacial score (nSPS) is 27.8. The van der Waals surface area contributed by atoms with Gasteiger partial charge in [0.25, 0.3) is 0 Å². The lowest BCUT2D eigenvalue weighted by molar-refractivity contribution is -0.168. The van der Waals surface area contributed by atoms with E-state index in [1.807, 2.05) is 36.4 Å². The lowest BCUT2D eigenvalue weighted by Gasteiger charge is -2.49. The molecule has 124 valence electrons. The molecule has 6 heteroatoms. The third kappa shape index (κ3) is 2.17. The van der Waals surface area contributed by atoms with Crippen LogP contribution in [0.1, 0.15) is 23.6 Å². The highest BCUT2D eigenvalue weighted by molar-refractivity contribution is 8.93. The number of hydrazine groups is 1. The van der Waals surface area contributed by atoms with Crippen LogP contribution in [0.3, 0.4) is 0 Å². The summed E-state index contributed by atoms with van der Waals surface area (Å²) in [6.45, 7) is 0.837. The Morgan fingerprint density at radius 1 is 1.08 bits per heavy atom. The smallest absolute Gasteiger partial charge is 0.179 e.